The van der Waals surface area contributed by atoms with Gasteiger partial charge in [-0.3, -0.25) is 4.79 Å². The van der Waals surface area contributed by atoms with Crippen molar-refractivity contribution in [2.45, 2.75) is 27.2 Å². The molecule has 4 nitrogen and oxygen atoms in total. The molecular formula is C12H19N3O. The van der Waals surface area contributed by atoms with Crippen LogP contribution in [0.25, 0.3) is 0 Å². The minimum atomic E-state index is -0.450. The van der Waals surface area contributed by atoms with E-state index in [9.17, 15) is 4.79 Å². The summed E-state index contributed by atoms with van der Waals surface area (Å²) in [7, 11) is 0. The van der Waals surface area contributed by atoms with Crippen molar-refractivity contribution >= 4 is 11.7 Å². The van der Waals surface area contributed by atoms with Gasteiger partial charge < -0.3 is 11.1 Å². The van der Waals surface area contributed by atoms with Gasteiger partial charge in [-0.1, -0.05) is 20.8 Å². The quantitative estimate of drug-likeness (QED) is 0.817. The first-order valence-electron chi connectivity index (χ1n) is 5.38. The van der Waals surface area contributed by atoms with Crippen molar-refractivity contribution in [1.82, 2.24) is 4.98 Å². The number of hydrogen-bond acceptors (Lipinski definition) is 3. The molecule has 0 atom stereocenters. The molecule has 88 valence electrons. The molecule has 0 saturated carbocycles. The van der Waals surface area contributed by atoms with Crippen LogP contribution in [0.2, 0.25) is 0 Å². The van der Waals surface area contributed by atoms with Crippen LogP contribution in [0.4, 0.5) is 5.82 Å². The molecular weight excluding hydrogens is 202 g/mol. The zero-order chi connectivity index (χ0) is 12.2. The summed E-state index contributed by atoms with van der Waals surface area (Å²) < 4.78 is 0. The van der Waals surface area contributed by atoms with Crippen LogP contribution in [0, 0.1) is 5.41 Å². The van der Waals surface area contributed by atoms with E-state index in [1.54, 1.807) is 12.1 Å². The number of carbonyl (C=O) groups excluding carboxylic acids is 1. The highest BCUT2D eigenvalue weighted by Crippen LogP contribution is 2.18. The van der Waals surface area contributed by atoms with E-state index in [-0.39, 0.29) is 0 Å². The van der Waals surface area contributed by atoms with Gasteiger partial charge in [0.1, 0.15) is 5.82 Å². The third-order valence-electron chi connectivity index (χ3n) is 2.23. The lowest BCUT2D eigenvalue weighted by molar-refractivity contribution is 0.1000. The molecule has 0 aliphatic rings. The van der Waals surface area contributed by atoms with Crippen LogP contribution in [-0.2, 0) is 0 Å². The number of anilines is 1. The first-order valence-corrected chi connectivity index (χ1v) is 5.38. The van der Waals surface area contributed by atoms with Gasteiger partial charge in [0.2, 0.25) is 5.91 Å². The number of primary amides is 1. The van der Waals surface area contributed by atoms with Gasteiger partial charge >= 0.3 is 0 Å². The number of nitrogens with zero attached hydrogens (tertiary/aromatic N) is 1. The fourth-order valence-electron chi connectivity index (χ4n) is 1.21. The monoisotopic (exact) mass is 221 g/mol. The van der Waals surface area contributed by atoms with E-state index in [1.807, 2.05) is 0 Å². The van der Waals surface area contributed by atoms with Gasteiger partial charge in [-0.05, 0) is 24.0 Å². The number of nitrogens with one attached hydrogen (secondary N) is 1. The lowest BCUT2D eigenvalue weighted by Gasteiger charge is -2.18. The standard InChI is InChI=1S/C12H19N3O/c1-12(2,3)6-7-14-10-5-4-9(8-15-10)11(13)16/h4-5,8H,6-7H2,1-3H3,(H2,13,16)(H,14,15). The summed E-state index contributed by atoms with van der Waals surface area (Å²) in [6, 6.07) is 3.44. The normalized spacial score (nSPS) is 11.2. The number of hydrogen-bond donors (Lipinski definition) is 2. The number of aromatic nitrogens is 1. The lowest BCUT2D eigenvalue weighted by Crippen LogP contribution is -2.14. The van der Waals surface area contributed by atoms with Gasteiger partial charge in [0.15, 0.2) is 0 Å². The maximum absolute atomic E-state index is 10.8. The number of carbonyl (C=O) groups is 1. The van der Waals surface area contributed by atoms with Crippen LogP contribution < -0.4 is 11.1 Å². The Kier molecular flexibility index (Phi) is 3.88. The average Bonchev–Trinajstić information content (AvgIpc) is 2.16. The van der Waals surface area contributed by atoms with Gasteiger partial charge in [-0.15, -0.1) is 0 Å². The Morgan fingerprint density at radius 1 is 1.44 bits per heavy atom. The van der Waals surface area contributed by atoms with E-state index < -0.39 is 5.91 Å². The predicted molar refractivity (Wildman–Crippen MR) is 65.3 cm³/mol. The van der Waals surface area contributed by atoms with Crippen molar-refractivity contribution in [3.05, 3.63) is 23.9 Å². The minimum Gasteiger partial charge on any atom is -0.370 e. The minimum absolute atomic E-state index is 0.306. The van der Waals surface area contributed by atoms with Crippen LogP contribution in [0.1, 0.15) is 37.6 Å². The van der Waals surface area contributed by atoms with Crippen LogP contribution >= 0.6 is 0 Å². The molecule has 1 rings (SSSR count). The first kappa shape index (κ1) is 12.5. The Morgan fingerprint density at radius 3 is 2.56 bits per heavy atom. The third kappa shape index (κ3) is 4.29. The van der Waals surface area contributed by atoms with Crippen molar-refractivity contribution in [2.24, 2.45) is 11.1 Å². The van der Waals surface area contributed by atoms with Gasteiger partial charge in [-0.25, -0.2) is 4.98 Å². The molecule has 1 aromatic heterocycles. The predicted octanol–water partition coefficient (Wildman–Crippen LogP) is 2.03. The number of amides is 1. The fourth-order valence-corrected chi connectivity index (χ4v) is 1.21. The van der Waals surface area contributed by atoms with E-state index in [0.717, 1.165) is 18.8 Å². The third-order valence-corrected chi connectivity index (χ3v) is 2.23. The highest BCUT2D eigenvalue weighted by Gasteiger charge is 2.09. The van der Waals surface area contributed by atoms with Crippen LogP contribution in [0.15, 0.2) is 18.3 Å². The summed E-state index contributed by atoms with van der Waals surface area (Å²) in [6.45, 7) is 7.45. The SMILES string of the molecule is CC(C)(C)CCNc1ccc(C(N)=O)cn1. The molecule has 0 unspecified atom stereocenters. The Hall–Kier alpha value is -1.58. The number of nitrogens with two attached hydrogens (primary N) is 1. The first-order chi connectivity index (χ1) is 7.38. The molecule has 0 radical (unpaired) electrons. The zero-order valence-corrected chi connectivity index (χ0v) is 10.1. The summed E-state index contributed by atoms with van der Waals surface area (Å²) in [5, 5.41) is 3.20. The number of pyridine rings is 1. The lowest BCUT2D eigenvalue weighted by atomic mass is 9.92. The van der Waals surface area contributed by atoms with Crippen molar-refractivity contribution < 1.29 is 4.79 Å². The molecule has 16 heavy (non-hydrogen) atoms. The molecule has 0 bridgehead atoms. The molecule has 0 aliphatic heterocycles. The Bertz CT molecular complexity index is 352. The maximum Gasteiger partial charge on any atom is 0.250 e. The van der Waals surface area contributed by atoms with Gasteiger partial charge in [-0.2, -0.15) is 0 Å². The fraction of sp³-hybridized carbons (Fsp3) is 0.500. The second kappa shape index (κ2) is 4.96. The average molecular weight is 221 g/mol. The molecule has 1 amide bonds. The summed E-state index contributed by atoms with van der Waals surface area (Å²) in [6.07, 6.45) is 2.55. The molecule has 0 saturated heterocycles. The molecule has 0 fully saturated rings. The topological polar surface area (TPSA) is 68.0 Å². The molecule has 1 heterocycles. The molecule has 0 aliphatic carbocycles. The molecule has 3 N–H and O–H groups in total. The van der Waals surface area contributed by atoms with Crippen LogP contribution in [0.3, 0.4) is 0 Å². The van der Waals surface area contributed by atoms with Gasteiger partial charge in [0, 0.05) is 12.7 Å². The Morgan fingerprint density at radius 2 is 2.12 bits per heavy atom. The summed E-state index contributed by atoms with van der Waals surface area (Å²) in [5.41, 5.74) is 5.86. The smallest absolute Gasteiger partial charge is 0.250 e. The Labute approximate surface area is 96.3 Å². The maximum atomic E-state index is 10.8. The second-order valence-corrected chi connectivity index (χ2v) is 5.03. The zero-order valence-electron chi connectivity index (χ0n) is 10.1. The largest absolute Gasteiger partial charge is 0.370 e. The van der Waals surface area contributed by atoms with E-state index in [2.05, 4.69) is 31.1 Å². The highest BCUT2D eigenvalue weighted by atomic mass is 16.1. The summed E-state index contributed by atoms with van der Waals surface area (Å²) >= 11 is 0. The summed E-state index contributed by atoms with van der Waals surface area (Å²) in [5.74, 6) is 0.322. The second-order valence-electron chi connectivity index (χ2n) is 5.03. The molecule has 0 aromatic carbocycles. The van der Waals surface area contributed by atoms with Crippen LogP contribution in [-0.4, -0.2) is 17.4 Å². The van der Waals surface area contributed by atoms with Crippen LogP contribution in [0.5, 0.6) is 0 Å². The highest BCUT2D eigenvalue weighted by molar-refractivity contribution is 5.92. The van der Waals surface area contributed by atoms with E-state index in [1.165, 1.54) is 6.20 Å². The van der Waals surface area contributed by atoms with Gasteiger partial charge in [0.25, 0.3) is 0 Å². The molecule has 1 aromatic rings. The van der Waals surface area contributed by atoms with Crippen molar-refractivity contribution in [2.75, 3.05) is 11.9 Å². The van der Waals surface area contributed by atoms with Crippen molar-refractivity contribution in [3.8, 4) is 0 Å². The Balaban J connectivity index is 2.47. The molecule has 4 heteroatoms. The summed E-state index contributed by atoms with van der Waals surface area (Å²) in [4.78, 5) is 14.9. The van der Waals surface area contributed by atoms with Gasteiger partial charge in [0.05, 0.1) is 5.56 Å². The van der Waals surface area contributed by atoms with E-state index in [0.29, 0.717) is 11.0 Å². The van der Waals surface area contributed by atoms with Crippen molar-refractivity contribution in [1.29, 1.82) is 0 Å². The van der Waals surface area contributed by atoms with Crippen molar-refractivity contribution in [3.63, 3.8) is 0 Å². The van der Waals surface area contributed by atoms with E-state index in [4.69, 9.17) is 5.73 Å². The van der Waals surface area contributed by atoms with E-state index >= 15 is 0 Å². The molecule has 0 spiro atoms. The number of rotatable bonds is 4.